The van der Waals surface area contributed by atoms with Crippen LogP contribution in [0, 0.1) is 0 Å². The fourth-order valence-electron chi connectivity index (χ4n) is 2.18. The maximum Gasteiger partial charge on any atom is 0.244 e. The Morgan fingerprint density at radius 3 is 2.89 bits per heavy atom. The molecular weight excluding hydrogens is 242 g/mol. The summed E-state index contributed by atoms with van der Waals surface area (Å²) in [6.07, 6.45) is 3.90. The number of likely N-dealkylation sites (tertiary alicyclic amines) is 1. The topological polar surface area (TPSA) is 70.2 Å². The lowest BCUT2D eigenvalue weighted by molar-refractivity contribution is -0.130. The molecule has 1 amide bonds. The van der Waals surface area contributed by atoms with Gasteiger partial charge in [-0.25, -0.2) is 4.98 Å². The van der Waals surface area contributed by atoms with Crippen molar-refractivity contribution in [2.75, 3.05) is 30.3 Å². The predicted octanol–water partition coefficient (Wildman–Crippen LogP) is 1.33. The van der Waals surface area contributed by atoms with E-state index in [4.69, 9.17) is 0 Å². The zero-order chi connectivity index (χ0) is 13.7. The van der Waals surface area contributed by atoms with Gasteiger partial charge in [0.1, 0.15) is 11.9 Å². The largest absolute Gasteiger partial charge is 0.358 e. The summed E-state index contributed by atoms with van der Waals surface area (Å²) in [7, 11) is 0. The van der Waals surface area contributed by atoms with Crippen molar-refractivity contribution in [1.82, 2.24) is 14.9 Å². The maximum absolute atomic E-state index is 12.2. The van der Waals surface area contributed by atoms with Gasteiger partial charge >= 0.3 is 0 Å². The number of aromatic nitrogens is 2. The first kappa shape index (κ1) is 13.6. The van der Waals surface area contributed by atoms with E-state index in [2.05, 4.69) is 20.6 Å². The lowest BCUT2D eigenvalue weighted by Gasteiger charge is -2.21. The monoisotopic (exact) mass is 263 g/mol. The van der Waals surface area contributed by atoms with Gasteiger partial charge in [-0.2, -0.15) is 4.98 Å². The molecule has 1 fully saturated rings. The number of carbonyl (C=O) groups is 1. The molecule has 0 saturated carbocycles. The number of amides is 1. The molecule has 19 heavy (non-hydrogen) atoms. The third kappa shape index (κ3) is 3.56. The van der Waals surface area contributed by atoms with Crippen LogP contribution in [0.25, 0.3) is 0 Å². The van der Waals surface area contributed by atoms with Gasteiger partial charge in [-0.1, -0.05) is 0 Å². The van der Waals surface area contributed by atoms with Crippen LogP contribution >= 0.6 is 0 Å². The highest BCUT2D eigenvalue weighted by Crippen LogP contribution is 2.12. The second kappa shape index (κ2) is 6.36. The van der Waals surface area contributed by atoms with E-state index >= 15 is 0 Å². The maximum atomic E-state index is 12.2. The van der Waals surface area contributed by atoms with E-state index in [0.29, 0.717) is 11.8 Å². The van der Waals surface area contributed by atoms with Crippen molar-refractivity contribution in [2.45, 2.75) is 32.7 Å². The summed E-state index contributed by atoms with van der Waals surface area (Å²) in [5.41, 5.74) is 0. The van der Waals surface area contributed by atoms with Crippen molar-refractivity contribution in [3.63, 3.8) is 0 Å². The summed E-state index contributed by atoms with van der Waals surface area (Å²) in [5, 5.41) is 6.18. The number of carbonyl (C=O) groups excluding carboxylic acids is 1. The average molecular weight is 263 g/mol. The Labute approximate surface area is 113 Å². The summed E-state index contributed by atoms with van der Waals surface area (Å²) < 4.78 is 0. The Bertz CT molecular complexity index is 431. The van der Waals surface area contributed by atoms with Crippen LogP contribution in [0.2, 0.25) is 0 Å². The van der Waals surface area contributed by atoms with Crippen molar-refractivity contribution in [1.29, 1.82) is 0 Å². The molecule has 0 bridgehead atoms. The van der Waals surface area contributed by atoms with Crippen molar-refractivity contribution < 1.29 is 4.79 Å². The van der Waals surface area contributed by atoms with E-state index in [-0.39, 0.29) is 11.9 Å². The lowest BCUT2D eigenvalue weighted by atomic mass is 10.3. The molecule has 1 aromatic rings. The van der Waals surface area contributed by atoms with E-state index in [1.807, 2.05) is 18.7 Å². The Morgan fingerprint density at radius 1 is 1.47 bits per heavy atom. The van der Waals surface area contributed by atoms with Gasteiger partial charge in [-0.3, -0.25) is 4.79 Å². The number of hydrogen-bond donors (Lipinski definition) is 2. The third-order valence-corrected chi connectivity index (χ3v) is 3.14. The molecule has 1 aromatic heterocycles. The number of anilines is 2. The molecule has 1 aliphatic rings. The highest BCUT2D eigenvalue weighted by Gasteiger charge is 2.23. The highest BCUT2D eigenvalue weighted by atomic mass is 16.2. The second-order valence-corrected chi connectivity index (χ2v) is 4.69. The van der Waals surface area contributed by atoms with Crippen molar-refractivity contribution >= 4 is 17.7 Å². The lowest BCUT2D eigenvalue weighted by Crippen LogP contribution is -2.39. The molecule has 2 N–H and O–H groups in total. The molecule has 1 atom stereocenters. The zero-order valence-electron chi connectivity index (χ0n) is 11.5. The molecule has 6 heteroatoms. The fraction of sp³-hybridized carbons (Fsp3) is 0.615. The molecule has 2 rings (SSSR count). The number of nitrogens with one attached hydrogen (secondary N) is 2. The van der Waals surface area contributed by atoms with Crippen molar-refractivity contribution in [2.24, 2.45) is 0 Å². The average Bonchev–Trinajstić information content (AvgIpc) is 2.92. The molecular formula is C13H21N5O. The first-order valence-corrected chi connectivity index (χ1v) is 6.83. The van der Waals surface area contributed by atoms with Gasteiger partial charge < -0.3 is 15.5 Å². The minimum absolute atomic E-state index is 0.140. The Morgan fingerprint density at radius 2 is 2.21 bits per heavy atom. The van der Waals surface area contributed by atoms with Crippen molar-refractivity contribution in [3.05, 3.63) is 12.3 Å². The van der Waals surface area contributed by atoms with Crippen LogP contribution in [0.15, 0.2) is 12.3 Å². The molecule has 1 aliphatic heterocycles. The van der Waals surface area contributed by atoms with Gasteiger partial charge in [0.25, 0.3) is 0 Å². The number of hydrogen-bond acceptors (Lipinski definition) is 5. The number of nitrogens with zero attached hydrogens (tertiary/aromatic N) is 3. The van der Waals surface area contributed by atoms with Gasteiger partial charge in [0.2, 0.25) is 11.9 Å². The smallest absolute Gasteiger partial charge is 0.244 e. The van der Waals surface area contributed by atoms with E-state index in [9.17, 15) is 4.79 Å². The van der Waals surface area contributed by atoms with Gasteiger partial charge in [-0.05, 0) is 32.8 Å². The predicted molar refractivity (Wildman–Crippen MR) is 75.1 cm³/mol. The Hall–Kier alpha value is -1.85. The summed E-state index contributed by atoms with van der Waals surface area (Å²) in [5.74, 6) is 1.39. The molecule has 0 spiro atoms. The van der Waals surface area contributed by atoms with Gasteiger partial charge in [-0.15, -0.1) is 0 Å². The summed E-state index contributed by atoms with van der Waals surface area (Å²) >= 11 is 0. The van der Waals surface area contributed by atoms with Crippen molar-refractivity contribution in [3.8, 4) is 0 Å². The standard InChI is InChI=1S/C13H21N5O/c1-3-14-13-15-7-6-11(17-13)16-10(2)12(19)18-8-4-5-9-18/h6-7,10H,3-5,8-9H2,1-2H3,(H2,14,15,16,17). The molecule has 1 unspecified atom stereocenters. The molecule has 6 nitrogen and oxygen atoms in total. The fourth-order valence-corrected chi connectivity index (χ4v) is 2.18. The van der Waals surface area contributed by atoms with E-state index in [0.717, 1.165) is 32.5 Å². The first-order valence-electron chi connectivity index (χ1n) is 6.83. The van der Waals surface area contributed by atoms with Crippen LogP contribution in [-0.4, -0.2) is 46.5 Å². The highest BCUT2D eigenvalue weighted by molar-refractivity contribution is 5.84. The van der Waals surface area contributed by atoms with E-state index in [1.165, 1.54) is 0 Å². The zero-order valence-corrected chi connectivity index (χ0v) is 11.5. The molecule has 0 aliphatic carbocycles. The van der Waals surface area contributed by atoms with Crippen LogP contribution in [0.1, 0.15) is 26.7 Å². The molecule has 0 radical (unpaired) electrons. The minimum atomic E-state index is -0.262. The Kier molecular flexibility index (Phi) is 4.54. The molecule has 2 heterocycles. The van der Waals surface area contributed by atoms with Crippen LogP contribution in [0.4, 0.5) is 11.8 Å². The molecule has 104 valence electrons. The first-order chi connectivity index (χ1) is 9.20. The quantitative estimate of drug-likeness (QED) is 0.838. The van der Waals surface area contributed by atoms with Crippen LogP contribution in [-0.2, 0) is 4.79 Å². The normalized spacial score (nSPS) is 16.2. The molecule has 0 aromatic carbocycles. The molecule has 1 saturated heterocycles. The Balaban J connectivity index is 1.95. The summed E-state index contributed by atoms with van der Waals surface area (Å²) in [6.45, 7) is 6.37. The van der Waals surface area contributed by atoms with Crippen LogP contribution < -0.4 is 10.6 Å². The SMILES string of the molecule is CCNc1nccc(NC(C)C(=O)N2CCCC2)n1. The second-order valence-electron chi connectivity index (χ2n) is 4.69. The van der Waals surface area contributed by atoms with Gasteiger partial charge in [0.05, 0.1) is 0 Å². The van der Waals surface area contributed by atoms with Crippen LogP contribution in [0.5, 0.6) is 0 Å². The summed E-state index contributed by atoms with van der Waals surface area (Å²) in [4.78, 5) is 22.5. The van der Waals surface area contributed by atoms with E-state index < -0.39 is 0 Å². The minimum Gasteiger partial charge on any atom is -0.358 e. The van der Waals surface area contributed by atoms with Crippen LogP contribution in [0.3, 0.4) is 0 Å². The van der Waals surface area contributed by atoms with Gasteiger partial charge in [0.15, 0.2) is 0 Å². The van der Waals surface area contributed by atoms with E-state index in [1.54, 1.807) is 12.3 Å². The number of rotatable bonds is 5. The van der Waals surface area contributed by atoms with Gasteiger partial charge in [0, 0.05) is 25.8 Å². The third-order valence-electron chi connectivity index (χ3n) is 3.14. The summed E-state index contributed by atoms with van der Waals surface area (Å²) in [6, 6.07) is 1.51.